The number of aryl methyl sites for hydroxylation is 1. The molecule has 0 aliphatic heterocycles. The van der Waals surface area contributed by atoms with Crippen LogP contribution in [0, 0.1) is 12.3 Å². The third-order valence-corrected chi connectivity index (χ3v) is 4.83. The molecule has 1 atom stereocenters. The topological polar surface area (TPSA) is 47.2 Å². The molecule has 0 spiro atoms. The molecule has 0 bridgehead atoms. The zero-order chi connectivity index (χ0) is 17.3. The van der Waals surface area contributed by atoms with Crippen LogP contribution in [0.25, 0.3) is 0 Å². The van der Waals surface area contributed by atoms with Gasteiger partial charge >= 0.3 is 5.69 Å². The van der Waals surface area contributed by atoms with Crippen LogP contribution in [0.15, 0.2) is 39.9 Å². The summed E-state index contributed by atoms with van der Waals surface area (Å²) in [4.78, 5) is 26.3. The monoisotopic (exact) mass is 323 g/mol. The van der Waals surface area contributed by atoms with Crippen molar-refractivity contribution < 1.29 is 0 Å². The minimum atomic E-state index is -0.315. The second-order valence-electron chi connectivity index (χ2n) is 6.24. The lowest BCUT2D eigenvalue weighted by atomic mass is 10.1. The van der Waals surface area contributed by atoms with Crippen molar-refractivity contribution in [3.8, 4) is 12.3 Å². The Labute approximate surface area is 141 Å². The maximum atomic E-state index is 12.1. The summed E-state index contributed by atoms with van der Waals surface area (Å²) in [5, 5.41) is 0. The molecule has 1 aromatic carbocycles. The number of rotatable bonds is 4. The molecule has 1 aliphatic rings. The highest BCUT2D eigenvalue weighted by Crippen LogP contribution is 2.35. The molecule has 124 valence electrons. The first-order valence-corrected chi connectivity index (χ1v) is 8.04. The number of hydrogen-bond acceptors (Lipinski definition) is 3. The van der Waals surface area contributed by atoms with Crippen molar-refractivity contribution in [2.75, 3.05) is 6.54 Å². The van der Waals surface area contributed by atoms with Gasteiger partial charge in [-0.1, -0.05) is 30.2 Å². The highest BCUT2D eigenvalue weighted by atomic mass is 16.2. The van der Waals surface area contributed by atoms with Crippen LogP contribution in [0.1, 0.15) is 29.3 Å². The van der Waals surface area contributed by atoms with E-state index in [1.165, 1.54) is 28.8 Å². The first kappa shape index (κ1) is 16.3. The third kappa shape index (κ3) is 2.81. The highest BCUT2D eigenvalue weighted by molar-refractivity contribution is 5.34. The van der Waals surface area contributed by atoms with E-state index in [2.05, 4.69) is 29.0 Å². The Morgan fingerprint density at radius 1 is 1.25 bits per heavy atom. The van der Waals surface area contributed by atoms with Gasteiger partial charge in [0.15, 0.2) is 0 Å². The normalized spacial score (nSPS) is 16.2. The molecule has 0 N–H and O–H groups in total. The highest BCUT2D eigenvalue weighted by Gasteiger charge is 2.27. The van der Waals surface area contributed by atoms with Crippen LogP contribution in [-0.4, -0.2) is 20.6 Å². The minimum absolute atomic E-state index is 0.219. The summed E-state index contributed by atoms with van der Waals surface area (Å²) in [6.07, 6.45) is 7.59. The Morgan fingerprint density at radius 3 is 2.75 bits per heavy atom. The van der Waals surface area contributed by atoms with Crippen molar-refractivity contribution in [2.24, 2.45) is 14.1 Å². The van der Waals surface area contributed by atoms with Gasteiger partial charge in [0.1, 0.15) is 0 Å². The van der Waals surface area contributed by atoms with Gasteiger partial charge in [0.05, 0.1) is 6.54 Å². The molecular weight excluding hydrogens is 302 g/mol. The van der Waals surface area contributed by atoms with Crippen molar-refractivity contribution in [1.82, 2.24) is 14.0 Å². The molecule has 0 unspecified atom stereocenters. The Kier molecular flexibility index (Phi) is 4.41. The molecule has 3 rings (SSSR count). The van der Waals surface area contributed by atoms with Gasteiger partial charge in [0.2, 0.25) is 0 Å². The number of hydrogen-bond donors (Lipinski definition) is 0. The third-order valence-electron chi connectivity index (χ3n) is 4.83. The van der Waals surface area contributed by atoms with E-state index in [1.807, 2.05) is 6.07 Å². The van der Waals surface area contributed by atoms with Gasteiger partial charge in [-0.2, -0.15) is 0 Å². The van der Waals surface area contributed by atoms with Gasteiger partial charge in [-0.15, -0.1) is 6.42 Å². The molecule has 5 heteroatoms. The predicted octanol–water partition coefficient (Wildman–Crippen LogP) is 1.21. The molecule has 0 saturated heterocycles. The average molecular weight is 323 g/mol. The van der Waals surface area contributed by atoms with Gasteiger partial charge in [0.25, 0.3) is 5.56 Å². The smallest absolute Gasteiger partial charge is 0.299 e. The summed E-state index contributed by atoms with van der Waals surface area (Å²) < 4.78 is 2.63. The van der Waals surface area contributed by atoms with E-state index in [9.17, 15) is 9.59 Å². The van der Waals surface area contributed by atoms with Gasteiger partial charge < -0.3 is 0 Å². The fraction of sp³-hybridized carbons (Fsp3) is 0.368. The lowest BCUT2D eigenvalue weighted by molar-refractivity contribution is 0.207. The van der Waals surface area contributed by atoms with E-state index in [1.54, 1.807) is 7.05 Å². The van der Waals surface area contributed by atoms with Crippen LogP contribution in [0.2, 0.25) is 0 Å². The lowest BCUT2D eigenvalue weighted by Gasteiger charge is -2.28. The summed E-state index contributed by atoms with van der Waals surface area (Å²) in [6.45, 7) is 0.952. The zero-order valence-corrected chi connectivity index (χ0v) is 14.0. The van der Waals surface area contributed by atoms with Gasteiger partial charge in [-0.3, -0.25) is 18.8 Å². The fourth-order valence-corrected chi connectivity index (χ4v) is 3.45. The van der Waals surface area contributed by atoms with Crippen LogP contribution < -0.4 is 11.2 Å². The van der Waals surface area contributed by atoms with E-state index in [-0.39, 0.29) is 17.3 Å². The molecule has 24 heavy (non-hydrogen) atoms. The van der Waals surface area contributed by atoms with Crippen LogP contribution >= 0.6 is 0 Å². The van der Waals surface area contributed by atoms with Crippen molar-refractivity contribution >= 4 is 0 Å². The summed E-state index contributed by atoms with van der Waals surface area (Å²) in [7, 11) is 3.18. The van der Waals surface area contributed by atoms with Gasteiger partial charge in [-0.25, -0.2) is 4.79 Å². The predicted molar refractivity (Wildman–Crippen MR) is 93.7 cm³/mol. The zero-order valence-electron chi connectivity index (χ0n) is 14.0. The van der Waals surface area contributed by atoms with Gasteiger partial charge in [0, 0.05) is 38.4 Å². The molecule has 0 amide bonds. The number of nitrogens with zero attached hydrogens (tertiary/aromatic N) is 3. The molecule has 1 heterocycles. The quantitative estimate of drug-likeness (QED) is 0.795. The molecule has 0 fully saturated rings. The fourth-order valence-electron chi connectivity index (χ4n) is 3.45. The number of benzene rings is 1. The lowest BCUT2D eigenvalue weighted by Crippen LogP contribution is -2.40. The Bertz CT molecular complexity index is 917. The largest absolute Gasteiger partial charge is 0.330 e. The van der Waals surface area contributed by atoms with E-state index in [4.69, 9.17) is 6.42 Å². The summed E-state index contributed by atoms with van der Waals surface area (Å²) in [5.74, 6) is 2.71. The van der Waals surface area contributed by atoms with Crippen LogP contribution in [0.3, 0.4) is 0 Å². The maximum absolute atomic E-state index is 12.1. The Balaban J connectivity index is 1.96. The van der Waals surface area contributed by atoms with Crippen LogP contribution in [0.4, 0.5) is 0 Å². The average Bonchev–Trinajstić information content (AvgIpc) is 3.01. The summed E-state index contributed by atoms with van der Waals surface area (Å²) >= 11 is 0. The van der Waals surface area contributed by atoms with E-state index >= 15 is 0 Å². The molecule has 1 aromatic heterocycles. The molecule has 5 nitrogen and oxygen atoms in total. The van der Waals surface area contributed by atoms with E-state index in [0.717, 1.165) is 17.4 Å². The van der Waals surface area contributed by atoms with Crippen LogP contribution in [-0.2, 0) is 27.1 Å². The number of aromatic nitrogens is 2. The van der Waals surface area contributed by atoms with Crippen LogP contribution in [0.5, 0.6) is 0 Å². The number of fused-ring (bicyclic) bond motifs is 1. The first-order chi connectivity index (χ1) is 11.5. The second-order valence-corrected chi connectivity index (χ2v) is 6.24. The molecule has 1 aliphatic carbocycles. The summed E-state index contributed by atoms with van der Waals surface area (Å²) in [5.41, 5.74) is 2.72. The van der Waals surface area contributed by atoms with Crippen molar-refractivity contribution in [3.63, 3.8) is 0 Å². The molecule has 2 aromatic rings. The van der Waals surface area contributed by atoms with E-state index < -0.39 is 0 Å². The molecular formula is C19H21N3O2. The Hall–Kier alpha value is -2.58. The SMILES string of the molecule is C#CCN(Cc1cc(=O)n(C)c(=O)n1C)[C@@H]1CCc2ccccc21. The minimum Gasteiger partial charge on any atom is -0.299 e. The van der Waals surface area contributed by atoms with Gasteiger partial charge in [-0.05, 0) is 24.0 Å². The first-order valence-electron chi connectivity index (χ1n) is 8.04. The standard InChI is InChI=1S/C19H21N3O2/c1-4-11-22(17-10-9-14-7-5-6-8-16(14)17)13-15-12-18(23)21(3)19(24)20(15)2/h1,5-8,12,17H,9-11,13H2,2-3H3/t17-/m1/s1. The second kappa shape index (κ2) is 6.50. The van der Waals surface area contributed by atoms with E-state index in [0.29, 0.717) is 18.8 Å². The summed E-state index contributed by atoms with van der Waals surface area (Å²) in [6, 6.07) is 10.1. The van der Waals surface area contributed by atoms with Crippen molar-refractivity contribution in [2.45, 2.75) is 25.4 Å². The molecule has 0 saturated carbocycles. The molecule has 0 radical (unpaired) electrons. The van der Waals surface area contributed by atoms with Crippen molar-refractivity contribution in [1.29, 1.82) is 0 Å². The maximum Gasteiger partial charge on any atom is 0.330 e. The number of terminal acetylenes is 1. The van der Waals surface area contributed by atoms with Crippen molar-refractivity contribution in [3.05, 3.63) is 68.0 Å². The Morgan fingerprint density at radius 2 is 2.00 bits per heavy atom.